The number of para-hydroxylation sites is 2. The molecule has 10 aromatic rings. The van der Waals surface area contributed by atoms with Crippen LogP contribution in [-0.4, -0.2) is 0 Å². The third-order valence-electron chi connectivity index (χ3n) is 13.1. The van der Waals surface area contributed by atoms with Gasteiger partial charge in [-0.3, -0.25) is 0 Å². The third-order valence-corrected chi connectivity index (χ3v) is 13.1. The number of hydrogen-bond donors (Lipinski definition) is 0. The zero-order valence-corrected chi connectivity index (χ0v) is 32.4. The van der Waals surface area contributed by atoms with Crippen molar-refractivity contribution in [1.82, 2.24) is 0 Å². The topological polar surface area (TPSA) is 29.5 Å². The number of anilines is 3. The Labute approximate surface area is 331 Å². The van der Waals surface area contributed by atoms with Gasteiger partial charge in [-0.05, 0) is 92.5 Å². The number of nitrogens with zero attached hydrogens (tertiary/aromatic N) is 1. The molecule has 0 bridgehead atoms. The normalized spacial score (nSPS) is 14.6. The van der Waals surface area contributed by atoms with E-state index in [1.165, 1.54) is 44.5 Å². The van der Waals surface area contributed by atoms with Crippen molar-refractivity contribution >= 4 is 60.9 Å². The molecule has 0 spiro atoms. The van der Waals surface area contributed by atoms with Crippen LogP contribution in [0.4, 0.5) is 17.1 Å². The minimum absolute atomic E-state index is 0.141. The van der Waals surface area contributed by atoms with E-state index in [-0.39, 0.29) is 10.8 Å². The van der Waals surface area contributed by atoms with Crippen LogP contribution in [0.25, 0.3) is 77.3 Å². The maximum absolute atomic E-state index is 7.03. The fourth-order valence-electron chi connectivity index (χ4n) is 10.2. The van der Waals surface area contributed by atoms with Crippen molar-refractivity contribution in [2.24, 2.45) is 0 Å². The number of furan rings is 2. The van der Waals surface area contributed by atoms with Crippen LogP contribution >= 0.6 is 0 Å². The van der Waals surface area contributed by atoms with Gasteiger partial charge >= 0.3 is 0 Å². The van der Waals surface area contributed by atoms with Gasteiger partial charge in [-0.1, -0.05) is 149 Å². The monoisotopic (exact) mass is 733 g/mol. The summed E-state index contributed by atoms with van der Waals surface area (Å²) >= 11 is 0. The summed E-state index contributed by atoms with van der Waals surface area (Å²) in [4.78, 5) is 2.41. The quantitative estimate of drug-likeness (QED) is 0.180. The lowest BCUT2D eigenvalue weighted by Crippen LogP contribution is -2.18. The molecule has 57 heavy (non-hydrogen) atoms. The van der Waals surface area contributed by atoms with Crippen molar-refractivity contribution in [2.75, 3.05) is 4.90 Å². The first kappa shape index (κ1) is 32.4. The van der Waals surface area contributed by atoms with Crippen LogP contribution in [0.3, 0.4) is 0 Å². The van der Waals surface area contributed by atoms with Crippen LogP contribution in [0.5, 0.6) is 0 Å². The van der Waals surface area contributed by atoms with Crippen LogP contribution in [0, 0.1) is 0 Å². The molecule has 2 heterocycles. The standard InChI is InChI=1S/C54H39NO2/c1-53(2)44-21-10-8-16-36(44)38-26-24-33(28-46(38)53)55(34-25-27-39-37-17-9-11-22-45(37)54(3,4)47(39)29-34)48-23-13-20-41-43-31-49-42(30-50(43)57-52(41)48)40-19-12-18-35(51(40)56-49)32-14-6-5-7-15-32/h5-31H,1-4H3. The molecule has 2 aliphatic rings. The van der Waals surface area contributed by atoms with Crippen LogP contribution in [-0.2, 0) is 10.8 Å². The number of fused-ring (bicyclic) bond motifs is 12. The summed E-state index contributed by atoms with van der Waals surface area (Å²) in [5.74, 6) is 0. The molecule has 8 aromatic carbocycles. The Morgan fingerprint density at radius 3 is 1.44 bits per heavy atom. The first-order chi connectivity index (χ1) is 27.8. The summed E-state index contributed by atoms with van der Waals surface area (Å²) in [6, 6.07) is 59.5. The minimum atomic E-state index is -0.141. The molecule has 3 heteroatoms. The molecule has 0 saturated heterocycles. The Balaban J connectivity index is 1.08. The molecule has 0 radical (unpaired) electrons. The van der Waals surface area contributed by atoms with Crippen LogP contribution < -0.4 is 4.90 Å². The molecule has 0 N–H and O–H groups in total. The lowest BCUT2D eigenvalue weighted by Gasteiger charge is -2.29. The second-order valence-electron chi connectivity index (χ2n) is 16.9. The lowest BCUT2D eigenvalue weighted by molar-refractivity contribution is 0.659. The first-order valence-electron chi connectivity index (χ1n) is 19.9. The molecule has 0 fully saturated rings. The highest BCUT2D eigenvalue weighted by atomic mass is 16.3. The molecule has 12 rings (SSSR count). The van der Waals surface area contributed by atoms with Crippen molar-refractivity contribution < 1.29 is 8.83 Å². The molecule has 3 nitrogen and oxygen atoms in total. The van der Waals surface area contributed by atoms with E-state index in [4.69, 9.17) is 8.83 Å². The van der Waals surface area contributed by atoms with Gasteiger partial charge in [0.2, 0.25) is 0 Å². The molecule has 0 unspecified atom stereocenters. The zero-order chi connectivity index (χ0) is 38.2. The average Bonchev–Trinajstić information content (AvgIpc) is 3.93. The largest absolute Gasteiger partial charge is 0.455 e. The van der Waals surface area contributed by atoms with Crippen molar-refractivity contribution in [2.45, 2.75) is 38.5 Å². The molecule has 0 amide bonds. The van der Waals surface area contributed by atoms with Gasteiger partial charge in [0.05, 0.1) is 5.69 Å². The number of hydrogen-bond acceptors (Lipinski definition) is 3. The van der Waals surface area contributed by atoms with E-state index in [2.05, 4.69) is 190 Å². The van der Waals surface area contributed by atoms with Gasteiger partial charge in [-0.2, -0.15) is 0 Å². The van der Waals surface area contributed by atoms with Crippen LogP contribution in [0.1, 0.15) is 49.9 Å². The van der Waals surface area contributed by atoms with E-state index in [0.717, 1.165) is 72.1 Å². The first-order valence-corrected chi connectivity index (χ1v) is 19.9. The van der Waals surface area contributed by atoms with E-state index >= 15 is 0 Å². The lowest BCUT2D eigenvalue weighted by atomic mass is 9.82. The predicted octanol–water partition coefficient (Wildman–Crippen LogP) is 15.2. The fourth-order valence-corrected chi connectivity index (χ4v) is 10.2. The summed E-state index contributed by atoms with van der Waals surface area (Å²) in [7, 11) is 0. The number of rotatable bonds is 4. The van der Waals surface area contributed by atoms with Crippen molar-refractivity contribution in [3.05, 3.63) is 186 Å². The summed E-state index contributed by atoms with van der Waals surface area (Å²) in [6.45, 7) is 9.40. The Bertz CT molecular complexity index is 3200. The van der Waals surface area contributed by atoms with E-state index in [9.17, 15) is 0 Å². The maximum Gasteiger partial charge on any atom is 0.159 e. The molecule has 0 aliphatic heterocycles. The maximum atomic E-state index is 7.03. The van der Waals surface area contributed by atoms with Gasteiger partial charge in [0.25, 0.3) is 0 Å². The highest BCUT2D eigenvalue weighted by Gasteiger charge is 2.38. The van der Waals surface area contributed by atoms with Gasteiger partial charge in [-0.25, -0.2) is 0 Å². The van der Waals surface area contributed by atoms with Crippen molar-refractivity contribution in [3.63, 3.8) is 0 Å². The Morgan fingerprint density at radius 1 is 0.368 bits per heavy atom. The summed E-state index contributed by atoms with van der Waals surface area (Å²) in [6.07, 6.45) is 0. The van der Waals surface area contributed by atoms with Gasteiger partial charge in [-0.15, -0.1) is 0 Å². The van der Waals surface area contributed by atoms with E-state index < -0.39 is 0 Å². The van der Waals surface area contributed by atoms with Gasteiger partial charge < -0.3 is 13.7 Å². The molecule has 0 atom stereocenters. The van der Waals surface area contributed by atoms with E-state index in [0.29, 0.717) is 0 Å². The second-order valence-corrected chi connectivity index (χ2v) is 16.9. The number of benzene rings is 8. The van der Waals surface area contributed by atoms with Gasteiger partial charge in [0.1, 0.15) is 16.7 Å². The molecule has 2 aromatic heterocycles. The fraction of sp³-hybridized carbons (Fsp3) is 0.111. The zero-order valence-electron chi connectivity index (χ0n) is 32.4. The average molecular weight is 734 g/mol. The van der Waals surface area contributed by atoms with E-state index in [1.54, 1.807) is 0 Å². The van der Waals surface area contributed by atoms with Crippen molar-refractivity contribution in [1.29, 1.82) is 0 Å². The molecule has 0 saturated carbocycles. The van der Waals surface area contributed by atoms with E-state index in [1.807, 2.05) is 6.07 Å². The summed E-state index contributed by atoms with van der Waals surface area (Å²) < 4.78 is 13.7. The van der Waals surface area contributed by atoms with Gasteiger partial charge in [0, 0.05) is 49.3 Å². The molecular weight excluding hydrogens is 695 g/mol. The van der Waals surface area contributed by atoms with Crippen LogP contribution in [0.15, 0.2) is 173 Å². The smallest absolute Gasteiger partial charge is 0.159 e. The summed E-state index contributed by atoms with van der Waals surface area (Å²) in [5.41, 5.74) is 19.2. The Kier molecular flexibility index (Phi) is 6.46. The SMILES string of the molecule is CC1(C)c2ccccc2-c2ccc(N(c3ccc4c(c3)C(C)(C)c3ccccc3-4)c3cccc4c3oc3cc5c(cc34)oc3c(-c4ccccc4)cccc35)cc21. The highest BCUT2D eigenvalue weighted by molar-refractivity contribution is 6.18. The van der Waals surface area contributed by atoms with Gasteiger partial charge in [0.15, 0.2) is 5.58 Å². The van der Waals surface area contributed by atoms with Crippen LogP contribution in [0.2, 0.25) is 0 Å². The summed E-state index contributed by atoms with van der Waals surface area (Å²) in [5, 5.41) is 4.23. The second kappa shape index (κ2) is 11.4. The Morgan fingerprint density at radius 2 is 0.842 bits per heavy atom. The molecule has 2 aliphatic carbocycles. The third kappa shape index (κ3) is 4.43. The highest BCUT2D eigenvalue weighted by Crippen LogP contribution is 2.54. The molecular formula is C54H39NO2. The predicted molar refractivity (Wildman–Crippen MR) is 236 cm³/mol. The Hall–Kier alpha value is -6.84. The van der Waals surface area contributed by atoms with Crippen molar-refractivity contribution in [3.8, 4) is 33.4 Å². The minimum Gasteiger partial charge on any atom is -0.455 e. The molecule has 272 valence electrons.